The zero-order chi connectivity index (χ0) is 34.3. The van der Waals surface area contributed by atoms with Crippen LogP contribution in [0.2, 0.25) is 0 Å². The molecule has 7 rings (SSSR count). The summed E-state index contributed by atoms with van der Waals surface area (Å²) < 4.78 is 38.9. The third-order valence-corrected chi connectivity index (χ3v) is 12.2. The van der Waals surface area contributed by atoms with Gasteiger partial charge in [-0.15, -0.1) is 16.4 Å². The van der Waals surface area contributed by atoms with E-state index in [2.05, 4.69) is 15.0 Å². The standard InChI is InChI=1S/C33H39N7O7S2/c1-20-31(42)39-19-23(40-36-27(21-8-10-24(46-2)11-9-21)28(37-40)30-34-14-16-48-30)17-26(39)29(41)35-33(32(43)38-49(44,45)25-12-13-25)18-22(33)7-5-3-4-6-15-47-20/h5,7-11,14,16,20,22-23,25-26H,3-4,6,12-13,15,17-19H2,1-2H3,(H,35,41)(H,38,43)/b7-5-/t20-,22-,23-,26+,33-/m1/s1. The Morgan fingerprint density at radius 3 is 2.63 bits per heavy atom. The number of nitrogens with zero attached hydrogens (tertiary/aromatic N) is 5. The molecule has 3 amide bonds. The van der Waals surface area contributed by atoms with E-state index < -0.39 is 50.8 Å². The molecule has 0 radical (unpaired) electrons. The highest BCUT2D eigenvalue weighted by atomic mass is 32.2. The second-order valence-corrected chi connectivity index (χ2v) is 15.9. The molecule has 2 saturated carbocycles. The number of rotatable bonds is 7. The summed E-state index contributed by atoms with van der Waals surface area (Å²) >= 11 is 1.42. The van der Waals surface area contributed by atoms with Gasteiger partial charge in [-0.25, -0.2) is 13.4 Å². The van der Waals surface area contributed by atoms with E-state index in [1.54, 1.807) is 25.0 Å². The minimum atomic E-state index is -3.84. The lowest BCUT2D eigenvalue weighted by Crippen LogP contribution is -2.57. The molecule has 49 heavy (non-hydrogen) atoms. The third kappa shape index (κ3) is 6.73. The van der Waals surface area contributed by atoms with Crippen LogP contribution in [0.3, 0.4) is 0 Å². The SMILES string of the molecule is COc1ccc(-c2nn([C@@H]3C[C@H]4C(=O)N[C@]5(C(=O)NS(=O)(=O)C6CC6)C[C@H]5/C=C\CCCCO[C@H](C)C(=O)N4C3)nc2-c2nccs2)cc1. The highest BCUT2D eigenvalue weighted by molar-refractivity contribution is 7.91. The maximum absolute atomic E-state index is 14.2. The number of aromatic nitrogens is 4. The summed E-state index contributed by atoms with van der Waals surface area (Å²) in [6.07, 6.45) is 8.39. The summed E-state index contributed by atoms with van der Waals surface area (Å²) in [7, 11) is -2.25. The number of amides is 3. The molecule has 2 N–H and O–H groups in total. The predicted octanol–water partition coefficient (Wildman–Crippen LogP) is 2.85. The van der Waals surface area contributed by atoms with Crippen molar-refractivity contribution < 1.29 is 32.3 Å². The first kappa shape index (κ1) is 33.4. The number of nitrogens with one attached hydrogen (secondary N) is 2. The van der Waals surface area contributed by atoms with Gasteiger partial charge < -0.3 is 19.7 Å². The first-order valence-electron chi connectivity index (χ1n) is 16.6. The van der Waals surface area contributed by atoms with Gasteiger partial charge in [0.15, 0.2) is 0 Å². The van der Waals surface area contributed by atoms with Crippen LogP contribution in [0.15, 0.2) is 48.0 Å². The first-order valence-corrected chi connectivity index (χ1v) is 19.0. The van der Waals surface area contributed by atoms with Gasteiger partial charge in [0.25, 0.3) is 11.8 Å². The maximum atomic E-state index is 14.2. The van der Waals surface area contributed by atoms with E-state index in [9.17, 15) is 22.8 Å². The molecule has 2 aromatic heterocycles. The smallest absolute Gasteiger partial charge is 0.259 e. The second kappa shape index (κ2) is 13.3. The minimum Gasteiger partial charge on any atom is -0.497 e. The quantitative estimate of drug-likeness (QED) is 0.347. The number of sulfonamides is 1. The number of carbonyl (C=O) groups is 3. The molecule has 3 fully saturated rings. The lowest BCUT2D eigenvalue weighted by Gasteiger charge is -2.28. The number of thiazole rings is 1. The lowest BCUT2D eigenvalue weighted by molar-refractivity contribution is -0.147. The largest absolute Gasteiger partial charge is 0.497 e. The first-order chi connectivity index (χ1) is 23.6. The Labute approximate surface area is 288 Å². The van der Waals surface area contributed by atoms with Crippen LogP contribution in [0.4, 0.5) is 0 Å². The van der Waals surface area contributed by atoms with E-state index in [-0.39, 0.29) is 31.2 Å². The van der Waals surface area contributed by atoms with Crippen molar-refractivity contribution >= 4 is 39.1 Å². The highest BCUT2D eigenvalue weighted by Gasteiger charge is 2.62. The molecule has 260 valence electrons. The zero-order valence-corrected chi connectivity index (χ0v) is 28.9. The molecule has 2 aliphatic carbocycles. The lowest BCUT2D eigenvalue weighted by atomic mass is 10.1. The molecule has 4 heterocycles. The van der Waals surface area contributed by atoms with Crippen molar-refractivity contribution in [2.75, 3.05) is 20.3 Å². The van der Waals surface area contributed by atoms with Crippen LogP contribution in [0.5, 0.6) is 5.75 Å². The molecule has 16 heteroatoms. The summed E-state index contributed by atoms with van der Waals surface area (Å²) in [5.41, 5.74) is 0.517. The summed E-state index contributed by atoms with van der Waals surface area (Å²) in [5, 5.41) is 14.5. The van der Waals surface area contributed by atoms with E-state index >= 15 is 0 Å². The third-order valence-electron chi connectivity index (χ3n) is 9.63. The highest BCUT2D eigenvalue weighted by Crippen LogP contribution is 2.46. The minimum absolute atomic E-state index is 0.122. The summed E-state index contributed by atoms with van der Waals surface area (Å²) in [6, 6.07) is 5.95. The van der Waals surface area contributed by atoms with E-state index in [0.717, 1.165) is 24.8 Å². The van der Waals surface area contributed by atoms with Gasteiger partial charge >= 0.3 is 0 Å². The van der Waals surface area contributed by atoms with Crippen LogP contribution < -0.4 is 14.8 Å². The molecule has 3 aromatic rings. The van der Waals surface area contributed by atoms with Gasteiger partial charge in [0, 0.05) is 42.6 Å². The van der Waals surface area contributed by atoms with Crippen LogP contribution in [0.25, 0.3) is 22.0 Å². The average molecular weight is 710 g/mol. The fraction of sp³-hybridized carbons (Fsp3) is 0.515. The molecule has 0 unspecified atom stereocenters. The molecule has 0 bridgehead atoms. The number of methoxy groups -OCH3 is 1. The predicted molar refractivity (Wildman–Crippen MR) is 180 cm³/mol. The van der Waals surface area contributed by atoms with Crippen LogP contribution in [0, 0.1) is 5.92 Å². The number of ether oxygens (including phenoxy) is 2. The van der Waals surface area contributed by atoms with E-state index in [0.29, 0.717) is 41.6 Å². The van der Waals surface area contributed by atoms with Crippen molar-refractivity contribution in [2.45, 2.75) is 80.8 Å². The van der Waals surface area contributed by atoms with Gasteiger partial charge in [-0.05, 0) is 69.7 Å². The van der Waals surface area contributed by atoms with Crippen molar-refractivity contribution in [2.24, 2.45) is 5.92 Å². The van der Waals surface area contributed by atoms with Crippen molar-refractivity contribution in [3.05, 3.63) is 48.0 Å². The van der Waals surface area contributed by atoms with Gasteiger partial charge in [0.2, 0.25) is 15.9 Å². The van der Waals surface area contributed by atoms with Gasteiger partial charge in [0.05, 0.1) is 18.4 Å². The number of hydrogen-bond donors (Lipinski definition) is 2. The number of allylic oxidation sites excluding steroid dienone is 1. The Bertz CT molecular complexity index is 1860. The Morgan fingerprint density at radius 1 is 1.14 bits per heavy atom. The Kier molecular flexibility index (Phi) is 9.04. The molecule has 2 aliphatic heterocycles. The Balaban J connectivity index is 1.21. The average Bonchev–Trinajstić information content (AvgIpc) is 3.85. The molecule has 14 nitrogen and oxygen atoms in total. The van der Waals surface area contributed by atoms with Gasteiger partial charge in [0.1, 0.15) is 39.8 Å². The Hall–Kier alpha value is -4.15. The molecular weight excluding hydrogens is 671 g/mol. The molecule has 1 aromatic carbocycles. The Morgan fingerprint density at radius 2 is 1.92 bits per heavy atom. The van der Waals surface area contributed by atoms with Crippen molar-refractivity contribution in [3.63, 3.8) is 0 Å². The number of hydrogen-bond acceptors (Lipinski definition) is 11. The molecule has 5 atom stereocenters. The van der Waals surface area contributed by atoms with E-state index in [1.165, 1.54) is 16.2 Å². The molecule has 1 saturated heterocycles. The van der Waals surface area contributed by atoms with Crippen molar-refractivity contribution in [1.29, 1.82) is 0 Å². The molecule has 0 spiro atoms. The molecular formula is C33H39N7O7S2. The van der Waals surface area contributed by atoms with Gasteiger partial charge in [-0.3, -0.25) is 19.1 Å². The van der Waals surface area contributed by atoms with Gasteiger partial charge in [-0.1, -0.05) is 12.2 Å². The van der Waals surface area contributed by atoms with Crippen LogP contribution in [-0.2, 0) is 29.1 Å². The fourth-order valence-corrected chi connectivity index (χ4v) is 8.53. The molecule has 4 aliphatic rings. The van der Waals surface area contributed by atoms with Crippen LogP contribution in [0.1, 0.15) is 57.9 Å². The van der Waals surface area contributed by atoms with E-state index in [1.807, 2.05) is 41.8 Å². The van der Waals surface area contributed by atoms with Crippen LogP contribution in [-0.4, -0.2) is 94.2 Å². The number of carbonyl (C=O) groups excluding carboxylic acids is 3. The second-order valence-electron chi connectivity index (χ2n) is 13.1. The monoisotopic (exact) mass is 709 g/mol. The number of benzene rings is 1. The summed E-state index contributed by atoms with van der Waals surface area (Å²) in [5.74, 6) is -1.34. The van der Waals surface area contributed by atoms with Crippen LogP contribution >= 0.6 is 11.3 Å². The normalized spacial score (nSPS) is 28.4. The van der Waals surface area contributed by atoms with Gasteiger partial charge in [-0.2, -0.15) is 9.90 Å². The summed E-state index contributed by atoms with van der Waals surface area (Å²) in [6.45, 7) is 2.18. The van der Waals surface area contributed by atoms with Crippen molar-refractivity contribution in [3.8, 4) is 27.7 Å². The van der Waals surface area contributed by atoms with E-state index in [4.69, 9.17) is 19.7 Å². The number of fused-ring (bicyclic) bond motifs is 2. The maximum Gasteiger partial charge on any atom is 0.259 e. The fourth-order valence-electron chi connectivity index (χ4n) is 6.54. The topological polar surface area (TPSA) is 175 Å². The zero-order valence-electron chi connectivity index (χ0n) is 27.3. The summed E-state index contributed by atoms with van der Waals surface area (Å²) in [4.78, 5) is 49.2. The van der Waals surface area contributed by atoms with Crippen molar-refractivity contribution in [1.82, 2.24) is 34.9 Å².